The Morgan fingerprint density at radius 3 is 2.45 bits per heavy atom. The lowest BCUT2D eigenvalue weighted by Crippen LogP contribution is -2.45. The summed E-state index contributed by atoms with van der Waals surface area (Å²) in [6.07, 6.45) is 1.05. The van der Waals surface area contributed by atoms with Crippen LogP contribution in [0.5, 0.6) is 11.5 Å². The quantitative estimate of drug-likeness (QED) is 0.180. The number of amides is 1. The number of carbonyl (C=O) groups excluding carboxylic acids is 1. The van der Waals surface area contributed by atoms with E-state index in [1.54, 1.807) is 14.2 Å². The molecule has 0 bridgehead atoms. The van der Waals surface area contributed by atoms with Crippen LogP contribution in [0, 0.1) is 5.92 Å². The monoisotopic (exact) mass is 547 g/mol. The summed E-state index contributed by atoms with van der Waals surface area (Å²) in [7, 11) is 3.34. The molecule has 31 heavy (non-hydrogen) atoms. The molecule has 1 aromatic carbocycles. The standard InChI is InChI=1S/C22H37N5O3.HI/c1-6-23-22(25-9-8-24-21(28)16(2)3)26-18-7-10-27(15-18)14-17-11-19(29-4)13-20(12-17)30-5;/h11-13,16,18H,6-10,14-15H2,1-5H3,(H,24,28)(H2,23,25,26);1H. The summed E-state index contributed by atoms with van der Waals surface area (Å²) < 4.78 is 10.8. The van der Waals surface area contributed by atoms with Gasteiger partial charge in [-0.05, 0) is 31.0 Å². The lowest BCUT2D eigenvalue weighted by atomic mass is 10.2. The first-order chi connectivity index (χ1) is 14.4. The predicted molar refractivity (Wildman–Crippen MR) is 136 cm³/mol. The van der Waals surface area contributed by atoms with Crippen LogP contribution >= 0.6 is 24.0 Å². The molecule has 1 saturated heterocycles. The Kier molecular flexibility index (Phi) is 12.6. The highest BCUT2D eigenvalue weighted by Crippen LogP contribution is 2.24. The van der Waals surface area contributed by atoms with Crippen molar-refractivity contribution in [2.24, 2.45) is 10.9 Å². The number of hydrogen-bond donors (Lipinski definition) is 3. The van der Waals surface area contributed by atoms with E-state index in [9.17, 15) is 4.79 Å². The summed E-state index contributed by atoms with van der Waals surface area (Å²) in [4.78, 5) is 18.7. The molecule has 2 rings (SSSR count). The van der Waals surface area contributed by atoms with E-state index in [1.165, 1.54) is 5.56 Å². The molecular weight excluding hydrogens is 509 g/mol. The van der Waals surface area contributed by atoms with E-state index in [4.69, 9.17) is 9.47 Å². The first-order valence-corrected chi connectivity index (χ1v) is 10.7. The second-order valence-electron chi connectivity index (χ2n) is 7.79. The number of halogens is 1. The molecule has 1 aliphatic rings. The number of likely N-dealkylation sites (tertiary alicyclic amines) is 1. The second-order valence-corrected chi connectivity index (χ2v) is 7.79. The second kappa shape index (κ2) is 14.3. The van der Waals surface area contributed by atoms with Crippen LogP contribution in [-0.2, 0) is 11.3 Å². The van der Waals surface area contributed by atoms with Crippen molar-refractivity contribution in [3.05, 3.63) is 23.8 Å². The minimum Gasteiger partial charge on any atom is -0.497 e. The van der Waals surface area contributed by atoms with Crippen molar-refractivity contribution in [3.63, 3.8) is 0 Å². The molecule has 1 fully saturated rings. The van der Waals surface area contributed by atoms with Gasteiger partial charge in [0.05, 0.1) is 20.8 Å². The molecule has 1 aliphatic heterocycles. The van der Waals surface area contributed by atoms with Gasteiger partial charge in [0.25, 0.3) is 0 Å². The van der Waals surface area contributed by atoms with Crippen LogP contribution in [0.15, 0.2) is 23.2 Å². The number of carbonyl (C=O) groups is 1. The van der Waals surface area contributed by atoms with Gasteiger partial charge in [0.15, 0.2) is 5.96 Å². The van der Waals surface area contributed by atoms with E-state index >= 15 is 0 Å². The maximum Gasteiger partial charge on any atom is 0.222 e. The number of nitrogens with one attached hydrogen (secondary N) is 3. The predicted octanol–water partition coefficient (Wildman–Crippen LogP) is 2.22. The molecule has 3 N–H and O–H groups in total. The lowest BCUT2D eigenvalue weighted by molar-refractivity contribution is -0.123. The van der Waals surface area contributed by atoms with Gasteiger partial charge in [0.2, 0.25) is 5.91 Å². The lowest BCUT2D eigenvalue weighted by Gasteiger charge is -2.19. The maximum atomic E-state index is 11.6. The van der Waals surface area contributed by atoms with E-state index < -0.39 is 0 Å². The molecule has 1 unspecified atom stereocenters. The number of guanidine groups is 1. The van der Waals surface area contributed by atoms with Crippen molar-refractivity contribution < 1.29 is 14.3 Å². The van der Waals surface area contributed by atoms with Crippen LogP contribution in [0.3, 0.4) is 0 Å². The van der Waals surface area contributed by atoms with Crippen LogP contribution < -0.4 is 25.4 Å². The Morgan fingerprint density at radius 2 is 1.87 bits per heavy atom. The van der Waals surface area contributed by atoms with Gasteiger partial charge in [-0.1, -0.05) is 13.8 Å². The van der Waals surface area contributed by atoms with E-state index in [-0.39, 0.29) is 35.8 Å². The molecule has 8 nitrogen and oxygen atoms in total. The SMILES string of the molecule is CCNC(=NCCNC(=O)C(C)C)NC1CCN(Cc2cc(OC)cc(OC)c2)C1.I. The Balaban J connectivity index is 0.00000480. The van der Waals surface area contributed by atoms with Gasteiger partial charge < -0.3 is 25.4 Å². The van der Waals surface area contributed by atoms with Gasteiger partial charge in [0, 0.05) is 50.7 Å². The summed E-state index contributed by atoms with van der Waals surface area (Å²) in [5.74, 6) is 2.47. The van der Waals surface area contributed by atoms with Crippen molar-refractivity contribution in [1.82, 2.24) is 20.9 Å². The smallest absolute Gasteiger partial charge is 0.222 e. The molecule has 0 aromatic heterocycles. The number of aliphatic imine (C=N–C) groups is 1. The summed E-state index contributed by atoms with van der Waals surface area (Å²) >= 11 is 0. The number of benzene rings is 1. The topological polar surface area (TPSA) is 87.2 Å². The van der Waals surface area contributed by atoms with Crippen molar-refractivity contribution >= 4 is 35.8 Å². The van der Waals surface area contributed by atoms with Crippen LogP contribution in [0.2, 0.25) is 0 Å². The molecule has 9 heteroatoms. The van der Waals surface area contributed by atoms with Gasteiger partial charge in [-0.2, -0.15) is 0 Å². The zero-order chi connectivity index (χ0) is 21.9. The number of methoxy groups -OCH3 is 2. The molecule has 1 atom stereocenters. The normalized spacial score (nSPS) is 16.6. The van der Waals surface area contributed by atoms with E-state index in [0.29, 0.717) is 19.1 Å². The first-order valence-electron chi connectivity index (χ1n) is 10.7. The Hall–Kier alpha value is -1.75. The molecule has 176 valence electrons. The molecule has 1 heterocycles. The fraction of sp³-hybridized carbons (Fsp3) is 0.636. The number of nitrogens with zero attached hydrogens (tertiary/aromatic N) is 2. The summed E-state index contributed by atoms with van der Waals surface area (Å²) in [5.41, 5.74) is 1.17. The highest BCUT2D eigenvalue weighted by Gasteiger charge is 2.23. The zero-order valence-electron chi connectivity index (χ0n) is 19.4. The molecule has 1 amide bonds. The average Bonchev–Trinajstić information content (AvgIpc) is 3.17. The molecule has 1 aromatic rings. The summed E-state index contributed by atoms with van der Waals surface area (Å²) in [6.45, 7) is 10.5. The van der Waals surface area contributed by atoms with Gasteiger partial charge in [-0.3, -0.25) is 14.7 Å². The van der Waals surface area contributed by atoms with Gasteiger partial charge >= 0.3 is 0 Å². The van der Waals surface area contributed by atoms with Gasteiger partial charge in [-0.15, -0.1) is 24.0 Å². The summed E-state index contributed by atoms with van der Waals surface area (Å²) in [5, 5.41) is 9.71. The van der Waals surface area contributed by atoms with Crippen LogP contribution in [0.1, 0.15) is 32.8 Å². The van der Waals surface area contributed by atoms with Crippen molar-refractivity contribution in [3.8, 4) is 11.5 Å². The fourth-order valence-corrected chi connectivity index (χ4v) is 3.37. The maximum absolute atomic E-state index is 11.6. The van der Waals surface area contributed by atoms with Crippen molar-refractivity contribution in [2.45, 2.75) is 39.8 Å². The van der Waals surface area contributed by atoms with Crippen LogP contribution in [0.25, 0.3) is 0 Å². The Bertz CT molecular complexity index is 692. The number of rotatable bonds is 10. The molecule has 0 spiro atoms. The zero-order valence-corrected chi connectivity index (χ0v) is 21.7. The number of hydrogen-bond acceptors (Lipinski definition) is 5. The number of ether oxygens (including phenoxy) is 2. The van der Waals surface area contributed by atoms with E-state index in [0.717, 1.165) is 50.1 Å². The third-order valence-corrected chi connectivity index (χ3v) is 4.98. The molecule has 0 saturated carbocycles. The minimum absolute atomic E-state index is 0. The first kappa shape index (κ1) is 27.3. The highest BCUT2D eigenvalue weighted by molar-refractivity contribution is 14.0. The summed E-state index contributed by atoms with van der Waals surface area (Å²) in [6, 6.07) is 6.33. The third-order valence-electron chi connectivity index (χ3n) is 4.98. The Labute approximate surface area is 203 Å². The third kappa shape index (κ3) is 9.51. The Morgan fingerprint density at radius 1 is 1.19 bits per heavy atom. The van der Waals surface area contributed by atoms with Crippen molar-refractivity contribution in [2.75, 3.05) is 46.9 Å². The van der Waals surface area contributed by atoms with Crippen molar-refractivity contribution in [1.29, 1.82) is 0 Å². The van der Waals surface area contributed by atoms with Crippen LogP contribution in [-0.4, -0.2) is 69.8 Å². The average molecular weight is 547 g/mol. The largest absolute Gasteiger partial charge is 0.497 e. The van der Waals surface area contributed by atoms with Crippen LogP contribution in [0.4, 0.5) is 0 Å². The highest BCUT2D eigenvalue weighted by atomic mass is 127. The minimum atomic E-state index is -0.00522. The van der Waals surface area contributed by atoms with E-state index in [1.807, 2.05) is 19.9 Å². The van der Waals surface area contributed by atoms with Gasteiger partial charge in [0.1, 0.15) is 11.5 Å². The molecule has 0 aliphatic carbocycles. The fourth-order valence-electron chi connectivity index (χ4n) is 3.37. The van der Waals surface area contributed by atoms with Gasteiger partial charge in [-0.25, -0.2) is 0 Å². The molecular formula is C22H38IN5O3. The molecule has 0 radical (unpaired) electrons. The van der Waals surface area contributed by atoms with E-state index in [2.05, 4.69) is 44.9 Å².